The third kappa shape index (κ3) is 3.94. The Labute approximate surface area is 125 Å². The van der Waals surface area contributed by atoms with Crippen LogP contribution < -0.4 is 5.73 Å². The number of likely N-dealkylation sites (tertiary alicyclic amines) is 1. The molecule has 21 heavy (non-hydrogen) atoms. The fourth-order valence-electron chi connectivity index (χ4n) is 3.08. The summed E-state index contributed by atoms with van der Waals surface area (Å²) in [5.41, 5.74) is 5.28. The van der Waals surface area contributed by atoms with Crippen molar-refractivity contribution in [2.75, 3.05) is 32.4 Å². The predicted octanol–water partition coefficient (Wildman–Crippen LogP) is -0.618. The highest BCUT2D eigenvalue weighted by Gasteiger charge is 2.33. The summed E-state index contributed by atoms with van der Waals surface area (Å²) in [6, 6.07) is 0. The first kappa shape index (κ1) is 16.2. The molecule has 2 aliphatic rings. The number of sulfonamides is 1. The van der Waals surface area contributed by atoms with Gasteiger partial charge in [0.15, 0.2) is 0 Å². The largest absolute Gasteiger partial charge is 0.369 e. The summed E-state index contributed by atoms with van der Waals surface area (Å²) >= 11 is 0. The van der Waals surface area contributed by atoms with Gasteiger partial charge in [-0.15, -0.1) is 0 Å². The van der Waals surface area contributed by atoms with Gasteiger partial charge in [0.2, 0.25) is 21.8 Å². The maximum Gasteiger partial charge on any atom is 0.225 e. The minimum atomic E-state index is -3.16. The molecule has 0 aromatic rings. The van der Waals surface area contributed by atoms with E-state index in [4.69, 9.17) is 5.73 Å². The van der Waals surface area contributed by atoms with Crippen molar-refractivity contribution in [3.63, 3.8) is 0 Å². The highest BCUT2D eigenvalue weighted by atomic mass is 32.2. The average Bonchev–Trinajstić information content (AvgIpc) is 2.46. The van der Waals surface area contributed by atoms with Crippen LogP contribution in [0.15, 0.2) is 0 Å². The Balaban J connectivity index is 1.84. The second-order valence-corrected chi connectivity index (χ2v) is 7.92. The first-order valence-corrected chi connectivity index (χ1v) is 9.17. The Morgan fingerprint density at radius 1 is 0.952 bits per heavy atom. The first-order chi connectivity index (χ1) is 9.79. The number of rotatable bonds is 3. The summed E-state index contributed by atoms with van der Waals surface area (Å²) in [5.74, 6) is -0.427. The molecule has 2 aliphatic heterocycles. The molecule has 2 heterocycles. The van der Waals surface area contributed by atoms with Gasteiger partial charge in [-0.25, -0.2) is 12.7 Å². The molecule has 8 heteroatoms. The van der Waals surface area contributed by atoms with E-state index in [-0.39, 0.29) is 23.7 Å². The summed E-state index contributed by atoms with van der Waals surface area (Å²) < 4.78 is 24.3. The van der Waals surface area contributed by atoms with Gasteiger partial charge < -0.3 is 10.6 Å². The Morgan fingerprint density at radius 3 is 1.86 bits per heavy atom. The van der Waals surface area contributed by atoms with Gasteiger partial charge in [-0.2, -0.15) is 0 Å². The normalized spacial score (nSPS) is 23.2. The van der Waals surface area contributed by atoms with Crippen LogP contribution in [-0.2, 0) is 19.6 Å². The number of nitrogens with two attached hydrogens (primary N) is 1. The van der Waals surface area contributed by atoms with E-state index in [0.29, 0.717) is 51.9 Å². The SMILES string of the molecule is CS(=O)(=O)N1CCC(C(=O)N2CCC(C(N)=O)CC2)CC1. The smallest absolute Gasteiger partial charge is 0.225 e. The quantitative estimate of drug-likeness (QED) is 0.749. The zero-order valence-corrected chi connectivity index (χ0v) is 13.1. The molecule has 0 atom stereocenters. The lowest BCUT2D eigenvalue weighted by Gasteiger charge is -2.36. The molecule has 2 fully saturated rings. The molecule has 0 saturated carbocycles. The van der Waals surface area contributed by atoms with Crippen molar-refractivity contribution in [1.29, 1.82) is 0 Å². The number of carbonyl (C=O) groups excluding carboxylic acids is 2. The zero-order chi connectivity index (χ0) is 15.6. The second-order valence-electron chi connectivity index (χ2n) is 5.94. The summed E-state index contributed by atoms with van der Waals surface area (Å²) in [5, 5.41) is 0. The molecule has 2 rings (SSSR count). The molecule has 7 nitrogen and oxygen atoms in total. The van der Waals surface area contributed by atoms with Crippen LogP contribution in [0.4, 0.5) is 0 Å². The zero-order valence-electron chi connectivity index (χ0n) is 12.3. The summed E-state index contributed by atoms with van der Waals surface area (Å²) in [7, 11) is -3.16. The molecule has 2 saturated heterocycles. The molecule has 0 aromatic carbocycles. The second kappa shape index (κ2) is 6.31. The van der Waals surface area contributed by atoms with Crippen molar-refractivity contribution in [3.05, 3.63) is 0 Å². The molecule has 0 unspecified atom stereocenters. The number of hydrogen-bond acceptors (Lipinski definition) is 4. The average molecular weight is 317 g/mol. The van der Waals surface area contributed by atoms with Crippen molar-refractivity contribution in [2.45, 2.75) is 25.7 Å². The minimum absolute atomic E-state index is 0.0890. The van der Waals surface area contributed by atoms with E-state index < -0.39 is 10.0 Å². The van der Waals surface area contributed by atoms with Crippen molar-refractivity contribution in [3.8, 4) is 0 Å². The van der Waals surface area contributed by atoms with E-state index in [9.17, 15) is 18.0 Å². The third-order valence-electron chi connectivity index (χ3n) is 4.48. The van der Waals surface area contributed by atoms with Crippen molar-refractivity contribution < 1.29 is 18.0 Å². The third-order valence-corrected chi connectivity index (χ3v) is 5.78. The van der Waals surface area contributed by atoms with Crippen LogP contribution in [0.5, 0.6) is 0 Å². The molecule has 2 amide bonds. The Kier molecular flexibility index (Phi) is 4.88. The van der Waals surface area contributed by atoms with Crippen LogP contribution >= 0.6 is 0 Å². The van der Waals surface area contributed by atoms with Crippen molar-refractivity contribution >= 4 is 21.8 Å². The van der Waals surface area contributed by atoms with Gasteiger partial charge in [0, 0.05) is 38.0 Å². The van der Waals surface area contributed by atoms with Crippen molar-refractivity contribution in [1.82, 2.24) is 9.21 Å². The van der Waals surface area contributed by atoms with Gasteiger partial charge in [-0.05, 0) is 25.7 Å². The highest BCUT2D eigenvalue weighted by Crippen LogP contribution is 2.24. The topological polar surface area (TPSA) is 101 Å². The molecule has 0 spiro atoms. The molecule has 0 radical (unpaired) electrons. The van der Waals surface area contributed by atoms with Crippen LogP contribution in [0.1, 0.15) is 25.7 Å². The standard InChI is InChI=1S/C13H23N3O4S/c1-21(19,20)16-8-4-11(5-9-16)13(18)15-6-2-10(3-7-15)12(14)17/h10-11H,2-9H2,1H3,(H2,14,17). The number of hydrogen-bond donors (Lipinski definition) is 1. The van der Waals surface area contributed by atoms with Crippen LogP contribution in [0.25, 0.3) is 0 Å². The van der Waals surface area contributed by atoms with E-state index in [1.165, 1.54) is 10.6 Å². The predicted molar refractivity (Wildman–Crippen MR) is 77.6 cm³/mol. The Bertz CT molecular complexity index is 504. The van der Waals surface area contributed by atoms with Gasteiger partial charge in [0.25, 0.3) is 0 Å². The Morgan fingerprint density at radius 2 is 1.43 bits per heavy atom. The van der Waals surface area contributed by atoms with Gasteiger partial charge in [-0.3, -0.25) is 9.59 Å². The van der Waals surface area contributed by atoms with Crippen LogP contribution in [0, 0.1) is 11.8 Å². The highest BCUT2D eigenvalue weighted by molar-refractivity contribution is 7.88. The van der Waals surface area contributed by atoms with E-state index in [2.05, 4.69) is 0 Å². The molecule has 0 bridgehead atoms. The van der Waals surface area contributed by atoms with E-state index >= 15 is 0 Å². The number of nitrogens with zero attached hydrogens (tertiary/aromatic N) is 2. The maximum absolute atomic E-state index is 12.4. The van der Waals surface area contributed by atoms with Crippen LogP contribution in [-0.4, -0.2) is 61.9 Å². The lowest BCUT2D eigenvalue weighted by atomic mass is 9.92. The molecule has 2 N–H and O–H groups in total. The van der Waals surface area contributed by atoms with Crippen LogP contribution in [0.3, 0.4) is 0 Å². The summed E-state index contributed by atoms with van der Waals surface area (Å²) in [6.45, 7) is 1.96. The van der Waals surface area contributed by atoms with E-state index in [0.717, 1.165) is 0 Å². The van der Waals surface area contributed by atoms with Gasteiger partial charge >= 0.3 is 0 Å². The molecular weight excluding hydrogens is 294 g/mol. The molecule has 0 aliphatic carbocycles. The fourth-order valence-corrected chi connectivity index (χ4v) is 3.95. The van der Waals surface area contributed by atoms with Crippen LogP contribution in [0.2, 0.25) is 0 Å². The lowest BCUT2D eigenvalue weighted by molar-refractivity contribution is -0.139. The maximum atomic E-state index is 12.4. The molecule has 0 aromatic heterocycles. The van der Waals surface area contributed by atoms with E-state index in [1.54, 1.807) is 4.90 Å². The first-order valence-electron chi connectivity index (χ1n) is 7.32. The van der Waals surface area contributed by atoms with Gasteiger partial charge in [0.05, 0.1) is 6.26 Å². The van der Waals surface area contributed by atoms with Gasteiger partial charge in [0.1, 0.15) is 0 Å². The number of carbonyl (C=O) groups is 2. The summed E-state index contributed by atoms with van der Waals surface area (Å²) in [6.07, 6.45) is 3.60. The summed E-state index contributed by atoms with van der Waals surface area (Å²) in [4.78, 5) is 25.3. The monoisotopic (exact) mass is 317 g/mol. The molecular formula is C13H23N3O4S. The minimum Gasteiger partial charge on any atom is -0.369 e. The molecule has 120 valence electrons. The number of primary amides is 1. The fraction of sp³-hybridized carbons (Fsp3) is 0.846. The van der Waals surface area contributed by atoms with Crippen molar-refractivity contribution in [2.24, 2.45) is 17.6 Å². The Hall–Kier alpha value is -1.15. The van der Waals surface area contributed by atoms with Gasteiger partial charge in [-0.1, -0.05) is 0 Å². The number of piperidine rings is 2. The lowest BCUT2D eigenvalue weighted by Crippen LogP contribution is -2.47. The van der Waals surface area contributed by atoms with E-state index in [1.807, 2.05) is 0 Å². The number of amides is 2.